The van der Waals surface area contributed by atoms with Crippen molar-refractivity contribution < 1.29 is 17.9 Å². The Balaban J connectivity index is 0.00000484. The number of sulfonamides is 1. The fraction of sp³-hybridized carbons (Fsp3) is 0.500. The fourth-order valence-corrected chi connectivity index (χ4v) is 2.74. The molecule has 132 valence electrons. The van der Waals surface area contributed by atoms with Crippen molar-refractivity contribution in [3.05, 3.63) is 23.8 Å². The second kappa shape index (κ2) is 9.07. The van der Waals surface area contributed by atoms with Crippen LogP contribution in [0.2, 0.25) is 0 Å². The Morgan fingerprint density at radius 1 is 1.35 bits per heavy atom. The van der Waals surface area contributed by atoms with Gasteiger partial charge >= 0.3 is 0 Å². The summed E-state index contributed by atoms with van der Waals surface area (Å²) in [7, 11) is 2.34. The maximum atomic E-state index is 12.3. The largest absolute Gasteiger partial charge is 0.495 e. The predicted molar refractivity (Wildman–Crippen MR) is 92.0 cm³/mol. The highest BCUT2D eigenvalue weighted by atomic mass is 35.5. The van der Waals surface area contributed by atoms with Gasteiger partial charge in [-0.25, -0.2) is 12.7 Å². The lowest BCUT2D eigenvalue weighted by Gasteiger charge is -2.16. The van der Waals surface area contributed by atoms with Gasteiger partial charge in [0, 0.05) is 32.2 Å². The highest BCUT2D eigenvalue weighted by molar-refractivity contribution is 7.89. The topological polar surface area (TPSA) is 87.7 Å². The number of halogens is 1. The van der Waals surface area contributed by atoms with Gasteiger partial charge < -0.3 is 15.4 Å². The number of benzene rings is 1. The van der Waals surface area contributed by atoms with E-state index in [2.05, 4.69) is 10.6 Å². The number of amides is 1. The zero-order valence-corrected chi connectivity index (χ0v) is 15.5. The molecule has 1 aromatic rings. The van der Waals surface area contributed by atoms with Crippen molar-refractivity contribution in [2.75, 3.05) is 34.8 Å². The van der Waals surface area contributed by atoms with Crippen molar-refractivity contribution in [3.8, 4) is 5.75 Å². The molecule has 0 aliphatic carbocycles. The average molecular weight is 366 g/mol. The standard InChI is InChI=1S/C14H23N3O4S.ClH/c1-10(15-2)9-16-14(18)11-6-7-12(21-5)13(8-11)22(19,20)17(3)4;/h6-8,10,15H,9H2,1-5H3,(H,16,18);1H. The molecule has 0 bridgehead atoms. The van der Waals surface area contributed by atoms with Crippen LogP contribution < -0.4 is 15.4 Å². The molecular formula is C14H24ClN3O4S. The number of hydrogen-bond donors (Lipinski definition) is 2. The first-order valence-corrected chi connectivity index (χ1v) is 8.24. The van der Waals surface area contributed by atoms with E-state index in [-0.39, 0.29) is 40.6 Å². The van der Waals surface area contributed by atoms with E-state index in [0.717, 1.165) is 4.31 Å². The maximum Gasteiger partial charge on any atom is 0.251 e. The lowest BCUT2D eigenvalue weighted by Crippen LogP contribution is -2.37. The predicted octanol–water partition coefficient (Wildman–Crippen LogP) is 0.705. The molecule has 0 radical (unpaired) electrons. The Hall–Kier alpha value is -1.35. The zero-order valence-electron chi connectivity index (χ0n) is 13.9. The van der Waals surface area contributed by atoms with E-state index in [1.807, 2.05) is 6.92 Å². The smallest absolute Gasteiger partial charge is 0.251 e. The summed E-state index contributed by atoms with van der Waals surface area (Å²) in [6, 6.07) is 4.46. The quantitative estimate of drug-likeness (QED) is 0.742. The van der Waals surface area contributed by atoms with Crippen molar-refractivity contribution in [2.24, 2.45) is 0 Å². The van der Waals surface area contributed by atoms with Crippen LogP contribution >= 0.6 is 12.4 Å². The lowest BCUT2D eigenvalue weighted by molar-refractivity contribution is 0.0950. The SMILES string of the molecule is CNC(C)CNC(=O)c1ccc(OC)c(S(=O)(=O)N(C)C)c1.Cl. The minimum Gasteiger partial charge on any atom is -0.495 e. The molecule has 1 amide bonds. The van der Waals surface area contributed by atoms with Crippen LogP contribution in [0.1, 0.15) is 17.3 Å². The number of carbonyl (C=O) groups excluding carboxylic acids is 1. The molecule has 23 heavy (non-hydrogen) atoms. The van der Waals surface area contributed by atoms with E-state index in [1.54, 1.807) is 7.05 Å². The molecule has 0 heterocycles. The van der Waals surface area contributed by atoms with E-state index in [0.29, 0.717) is 6.54 Å². The second-order valence-electron chi connectivity index (χ2n) is 5.05. The van der Waals surface area contributed by atoms with Crippen LogP contribution in [-0.4, -0.2) is 59.5 Å². The van der Waals surface area contributed by atoms with Crippen LogP contribution in [0.15, 0.2) is 23.1 Å². The van der Waals surface area contributed by atoms with Crippen molar-refractivity contribution >= 4 is 28.3 Å². The molecule has 9 heteroatoms. The molecule has 0 aliphatic heterocycles. The summed E-state index contributed by atoms with van der Waals surface area (Å²) >= 11 is 0. The number of rotatable bonds is 7. The van der Waals surface area contributed by atoms with Crippen LogP contribution in [0, 0.1) is 0 Å². The second-order valence-corrected chi connectivity index (χ2v) is 7.17. The Labute approximate surface area is 143 Å². The Morgan fingerprint density at radius 3 is 2.43 bits per heavy atom. The monoisotopic (exact) mass is 365 g/mol. The minimum absolute atomic E-state index is 0. The molecule has 1 unspecified atom stereocenters. The van der Waals surface area contributed by atoms with Crippen molar-refractivity contribution in [3.63, 3.8) is 0 Å². The van der Waals surface area contributed by atoms with E-state index < -0.39 is 10.0 Å². The number of methoxy groups -OCH3 is 1. The molecule has 1 aromatic carbocycles. The molecule has 7 nitrogen and oxygen atoms in total. The molecular weight excluding hydrogens is 342 g/mol. The molecule has 0 aromatic heterocycles. The number of likely N-dealkylation sites (N-methyl/N-ethyl adjacent to an activating group) is 1. The van der Waals surface area contributed by atoms with Crippen LogP contribution in [0.5, 0.6) is 5.75 Å². The van der Waals surface area contributed by atoms with E-state index in [4.69, 9.17) is 4.74 Å². The average Bonchev–Trinajstić information content (AvgIpc) is 2.51. The van der Waals surface area contributed by atoms with Gasteiger partial charge in [0.05, 0.1) is 7.11 Å². The number of nitrogens with zero attached hydrogens (tertiary/aromatic N) is 1. The number of hydrogen-bond acceptors (Lipinski definition) is 5. The third-order valence-electron chi connectivity index (χ3n) is 3.25. The van der Waals surface area contributed by atoms with Crippen molar-refractivity contribution in [1.82, 2.24) is 14.9 Å². The summed E-state index contributed by atoms with van der Waals surface area (Å²) in [5, 5.41) is 5.75. The summed E-state index contributed by atoms with van der Waals surface area (Å²) in [5.41, 5.74) is 0.268. The molecule has 1 rings (SSSR count). The lowest BCUT2D eigenvalue weighted by atomic mass is 10.2. The van der Waals surface area contributed by atoms with Gasteiger partial charge in [0.25, 0.3) is 5.91 Å². The van der Waals surface area contributed by atoms with Crippen molar-refractivity contribution in [1.29, 1.82) is 0 Å². The summed E-state index contributed by atoms with van der Waals surface area (Å²) < 4.78 is 30.8. The molecule has 0 spiro atoms. The number of nitrogens with one attached hydrogen (secondary N) is 2. The molecule has 0 fully saturated rings. The number of ether oxygens (including phenoxy) is 1. The third-order valence-corrected chi connectivity index (χ3v) is 5.08. The molecule has 0 saturated heterocycles. The highest BCUT2D eigenvalue weighted by Gasteiger charge is 2.23. The Morgan fingerprint density at radius 2 is 1.96 bits per heavy atom. The first kappa shape index (κ1) is 21.6. The van der Waals surface area contributed by atoms with E-state index in [9.17, 15) is 13.2 Å². The third kappa shape index (κ3) is 5.35. The van der Waals surface area contributed by atoms with Gasteiger partial charge in [-0.15, -0.1) is 12.4 Å². The van der Waals surface area contributed by atoms with E-state index >= 15 is 0 Å². The van der Waals surface area contributed by atoms with Gasteiger partial charge in [-0.2, -0.15) is 0 Å². The molecule has 1 atom stereocenters. The van der Waals surface area contributed by atoms with Crippen LogP contribution in [0.3, 0.4) is 0 Å². The molecule has 0 saturated carbocycles. The van der Waals surface area contributed by atoms with Gasteiger partial charge in [-0.1, -0.05) is 0 Å². The first-order chi connectivity index (χ1) is 10.2. The Bertz CT molecular complexity index is 635. The summed E-state index contributed by atoms with van der Waals surface area (Å²) in [5.74, 6) is -0.131. The zero-order chi connectivity index (χ0) is 16.9. The molecule has 0 aliphatic rings. The summed E-state index contributed by atoms with van der Waals surface area (Å²) in [4.78, 5) is 12.1. The minimum atomic E-state index is -3.70. The van der Waals surface area contributed by atoms with Crippen LogP contribution in [0.4, 0.5) is 0 Å². The Kier molecular flexibility index (Phi) is 8.54. The molecule has 2 N–H and O–H groups in total. The fourth-order valence-electron chi connectivity index (χ4n) is 1.67. The van der Waals surface area contributed by atoms with E-state index in [1.165, 1.54) is 39.4 Å². The van der Waals surface area contributed by atoms with Crippen LogP contribution in [-0.2, 0) is 10.0 Å². The van der Waals surface area contributed by atoms with Gasteiger partial charge in [0.1, 0.15) is 10.6 Å². The summed E-state index contributed by atoms with van der Waals surface area (Å²) in [6.45, 7) is 2.37. The van der Waals surface area contributed by atoms with Gasteiger partial charge in [0.15, 0.2) is 0 Å². The first-order valence-electron chi connectivity index (χ1n) is 6.80. The highest BCUT2D eigenvalue weighted by Crippen LogP contribution is 2.26. The normalized spacial score (nSPS) is 12.4. The van der Waals surface area contributed by atoms with Gasteiger partial charge in [-0.05, 0) is 32.2 Å². The van der Waals surface area contributed by atoms with Crippen LogP contribution in [0.25, 0.3) is 0 Å². The summed E-state index contributed by atoms with van der Waals surface area (Å²) in [6.07, 6.45) is 0. The van der Waals surface area contributed by atoms with Gasteiger partial charge in [0.2, 0.25) is 10.0 Å². The maximum absolute atomic E-state index is 12.3. The number of carbonyl (C=O) groups is 1. The van der Waals surface area contributed by atoms with Gasteiger partial charge in [-0.3, -0.25) is 4.79 Å². The van der Waals surface area contributed by atoms with Crippen molar-refractivity contribution in [2.45, 2.75) is 17.9 Å².